The quantitative estimate of drug-likeness (QED) is 0.554. The van der Waals surface area contributed by atoms with E-state index in [9.17, 15) is 9.59 Å². The van der Waals surface area contributed by atoms with Crippen molar-refractivity contribution in [2.75, 3.05) is 13.2 Å². The molecule has 0 heterocycles. The van der Waals surface area contributed by atoms with E-state index >= 15 is 0 Å². The molecule has 0 aromatic carbocycles. The first-order valence-electron chi connectivity index (χ1n) is 7.63. The van der Waals surface area contributed by atoms with Crippen molar-refractivity contribution in [1.82, 2.24) is 0 Å². The number of hydrogen-bond donors (Lipinski definition) is 0. The minimum atomic E-state index is -0.712. The van der Waals surface area contributed by atoms with Gasteiger partial charge in [-0.3, -0.25) is 9.59 Å². The molecule has 0 amide bonds. The van der Waals surface area contributed by atoms with Crippen LogP contribution in [0.15, 0.2) is 12.2 Å². The summed E-state index contributed by atoms with van der Waals surface area (Å²) in [6, 6.07) is 0. The van der Waals surface area contributed by atoms with E-state index in [0.717, 1.165) is 12.8 Å². The minimum Gasteiger partial charge on any atom is -0.466 e. The summed E-state index contributed by atoms with van der Waals surface area (Å²) in [5, 5.41) is 0. The monoisotopic (exact) mass is 280 g/mol. The van der Waals surface area contributed by atoms with Crippen molar-refractivity contribution in [3.8, 4) is 0 Å². The minimum absolute atomic E-state index is 0.112. The molecule has 0 saturated heterocycles. The SMILES string of the molecule is CCCC1(C(=O)OCC)C2C=CC(C2)C1C(=O)OCC. The zero-order valence-corrected chi connectivity index (χ0v) is 12.6. The van der Waals surface area contributed by atoms with Gasteiger partial charge in [0.25, 0.3) is 0 Å². The number of esters is 2. The summed E-state index contributed by atoms with van der Waals surface area (Å²) in [4.78, 5) is 25.0. The van der Waals surface area contributed by atoms with E-state index < -0.39 is 5.41 Å². The third kappa shape index (κ3) is 2.15. The summed E-state index contributed by atoms with van der Waals surface area (Å²) >= 11 is 0. The smallest absolute Gasteiger partial charge is 0.313 e. The van der Waals surface area contributed by atoms with Gasteiger partial charge in [0, 0.05) is 0 Å². The molecule has 4 unspecified atom stereocenters. The van der Waals surface area contributed by atoms with Crippen LogP contribution in [0, 0.1) is 23.2 Å². The predicted molar refractivity (Wildman–Crippen MR) is 74.8 cm³/mol. The molecule has 4 atom stereocenters. The van der Waals surface area contributed by atoms with E-state index in [-0.39, 0.29) is 29.7 Å². The van der Waals surface area contributed by atoms with Crippen LogP contribution in [-0.4, -0.2) is 25.2 Å². The number of ether oxygens (including phenoxy) is 2. The molecule has 0 aromatic rings. The van der Waals surface area contributed by atoms with Crippen LogP contribution in [0.5, 0.6) is 0 Å². The molecular formula is C16H24O4. The third-order valence-electron chi connectivity index (χ3n) is 4.62. The van der Waals surface area contributed by atoms with Crippen molar-refractivity contribution in [3.63, 3.8) is 0 Å². The van der Waals surface area contributed by atoms with E-state index in [0.29, 0.717) is 19.6 Å². The summed E-state index contributed by atoms with van der Waals surface area (Å²) < 4.78 is 10.5. The first-order valence-corrected chi connectivity index (χ1v) is 7.63. The Labute approximate surface area is 120 Å². The number of hydrogen-bond acceptors (Lipinski definition) is 4. The van der Waals surface area contributed by atoms with Gasteiger partial charge >= 0.3 is 11.9 Å². The van der Waals surface area contributed by atoms with Crippen molar-refractivity contribution < 1.29 is 19.1 Å². The number of carbonyl (C=O) groups is 2. The maximum atomic E-state index is 12.6. The molecule has 0 spiro atoms. The van der Waals surface area contributed by atoms with Crippen LogP contribution in [0.4, 0.5) is 0 Å². The van der Waals surface area contributed by atoms with Crippen LogP contribution >= 0.6 is 0 Å². The Morgan fingerprint density at radius 2 is 1.85 bits per heavy atom. The maximum Gasteiger partial charge on any atom is 0.313 e. The average molecular weight is 280 g/mol. The second kappa shape index (κ2) is 5.98. The van der Waals surface area contributed by atoms with Crippen molar-refractivity contribution in [1.29, 1.82) is 0 Å². The van der Waals surface area contributed by atoms with Crippen LogP contribution in [0.3, 0.4) is 0 Å². The van der Waals surface area contributed by atoms with Crippen LogP contribution in [0.1, 0.15) is 40.0 Å². The molecule has 4 nitrogen and oxygen atoms in total. The summed E-state index contributed by atoms with van der Waals surface area (Å²) in [5.74, 6) is -0.616. The number of carbonyl (C=O) groups excluding carboxylic acids is 2. The van der Waals surface area contributed by atoms with Crippen LogP contribution in [0.2, 0.25) is 0 Å². The lowest BCUT2D eigenvalue weighted by Gasteiger charge is -2.38. The largest absolute Gasteiger partial charge is 0.466 e. The summed E-state index contributed by atoms with van der Waals surface area (Å²) in [6.07, 6.45) is 6.56. The molecular weight excluding hydrogens is 256 g/mol. The number of allylic oxidation sites excluding steroid dienone is 2. The molecule has 2 aliphatic rings. The van der Waals surface area contributed by atoms with Gasteiger partial charge in [-0.05, 0) is 38.5 Å². The highest BCUT2D eigenvalue weighted by molar-refractivity contribution is 5.88. The molecule has 2 rings (SSSR count). The lowest BCUT2D eigenvalue weighted by molar-refractivity contribution is -0.171. The second-order valence-corrected chi connectivity index (χ2v) is 5.63. The zero-order chi connectivity index (χ0) is 14.8. The molecule has 1 saturated carbocycles. The molecule has 112 valence electrons. The van der Waals surface area contributed by atoms with Gasteiger partial charge in [0.1, 0.15) is 0 Å². The predicted octanol–water partition coefficient (Wildman–Crippen LogP) is 2.72. The Kier molecular flexibility index (Phi) is 4.51. The highest BCUT2D eigenvalue weighted by Crippen LogP contribution is 2.59. The van der Waals surface area contributed by atoms with Crippen molar-refractivity contribution in [2.24, 2.45) is 23.2 Å². The third-order valence-corrected chi connectivity index (χ3v) is 4.62. The standard InChI is InChI=1S/C16H24O4/c1-4-9-16(15(18)20-6-3)12-8-7-11(10-12)13(16)14(17)19-5-2/h7-8,11-13H,4-6,9-10H2,1-3H3. The number of fused-ring (bicyclic) bond motifs is 2. The summed E-state index contributed by atoms with van der Waals surface area (Å²) in [7, 11) is 0. The zero-order valence-electron chi connectivity index (χ0n) is 12.6. The highest BCUT2D eigenvalue weighted by atomic mass is 16.5. The molecule has 1 fully saturated rings. The number of rotatable bonds is 6. The Bertz CT molecular complexity index is 415. The van der Waals surface area contributed by atoms with Crippen molar-refractivity contribution in [3.05, 3.63) is 12.2 Å². The van der Waals surface area contributed by atoms with Gasteiger partial charge in [0.2, 0.25) is 0 Å². The topological polar surface area (TPSA) is 52.6 Å². The molecule has 0 aromatic heterocycles. The Hall–Kier alpha value is -1.32. The van der Waals surface area contributed by atoms with Gasteiger partial charge in [-0.2, -0.15) is 0 Å². The maximum absolute atomic E-state index is 12.6. The second-order valence-electron chi connectivity index (χ2n) is 5.63. The first kappa shape index (κ1) is 15.1. The van der Waals surface area contributed by atoms with Crippen LogP contribution in [-0.2, 0) is 19.1 Å². The Balaban J connectivity index is 2.37. The van der Waals surface area contributed by atoms with E-state index in [2.05, 4.69) is 12.2 Å². The van der Waals surface area contributed by atoms with Gasteiger partial charge in [-0.1, -0.05) is 25.5 Å². The van der Waals surface area contributed by atoms with E-state index in [4.69, 9.17) is 9.47 Å². The Morgan fingerprint density at radius 1 is 1.15 bits per heavy atom. The van der Waals surface area contributed by atoms with Gasteiger partial charge in [-0.15, -0.1) is 0 Å². The van der Waals surface area contributed by atoms with Gasteiger partial charge in [0.05, 0.1) is 24.5 Å². The molecule has 4 heteroatoms. The molecule has 0 N–H and O–H groups in total. The van der Waals surface area contributed by atoms with Crippen molar-refractivity contribution in [2.45, 2.75) is 40.0 Å². The summed E-state index contributed by atoms with van der Waals surface area (Å²) in [5.41, 5.74) is -0.712. The fraction of sp³-hybridized carbons (Fsp3) is 0.750. The van der Waals surface area contributed by atoms with Crippen molar-refractivity contribution >= 4 is 11.9 Å². The van der Waals surface area contributed by atoms with Gasteiger partial charge < -0.3 is 9.47 Å². The normalized spacial score (nSPS) is 34.2. The first-order chi connectivity index (χ1) is 9.61. The van der Waals surface area contributed by atoms with Gasteiger partial charge in [0.15, 0.2) is 0 Å². The van der Waals surface area contributed by atoms with E-state index in [1.165, 1.54) is 0 Å². The highest BCUT2D eigenvalue weighted by Gasteiger charge is 2.63. The fourth-order valence-electron chi connectivity index (χ4n) is 3.99. The summed E-state index contributed by atoms with van der Waals surface area (Å²) in [6.45, 7) is 6.34. The van der Waals surface area contributed by atoms with E-state index in [1.807, 2.05) is 6.92 Å². The Morgan fingerprint density at radius 3 is 2.45 bits per heavy atom. The molecule has 2 aliphatic carbocycles. The van der Waals surface area contributed by atoms with Crippen LogP contribution in [0.25, 0.3) is 0 Å². The molecule has 0 aliphatic heterocycles. The lowest BCUT2D eigenvalue weighted by Crippen LogP contribution is -2.47. The molecule has 2 bridgehead atoms. The fourth-order valence-corrected chi connectivity index (χ4v) is 3.99. The van der Waals surface area contributed by atoms with Gasteiger partial charge in [-0.25, -0.2) is 0 Å². The molecule has 0 radical (unpaired) electrons. The van der Waals surface area contributed by atoms with E-state index in [1.54, 1.807) is 13.8 Å². The molecule has 20 heavy (non-hydrogen) atoms. The van der Waals surface area contributed by atoms with Crippen LogP contribution < -0.4 is 0 Å². The lowest BCUT2D eigenvalue weighted by atomic mass is 9.65. The average Bonchev–Trinajstić information content (AvgIpc) is 2.99.